The fourth-order valence-electron chi connectivity index (χ4n) is 2.66. The van der Waals surface area contributed by atoms with Gasteiger partial charge >= 0.3 is 0 Å². The van der Waals surface area contributed by atoms with Gasteiger partial charge in [0.2, 0.25) is 10.0 Å². The maximum Gasteiger partial charge on any atom is 0.251 e. The Bertz CT molecular complexity index is 901. The molecule has 1 saturated heterocycles. The summed E-state index contributed by atoms with van der Waals surface area (Å²) in [6, 6.07) is 10.7. The molecule has 0 bridgehead atoms. The normalized spacial score (nSPS) is 16.0. The molecule has 0 atom stereocenters. The van der Waals surface area contributed by atoms with Crippen LogP contribution < -0.4 is 9.62 Å². The van der Waals surface area contributed by atoms with Crippen molar-refractivity contribution >= 4 is 37.5 Å². The van der Waals surface area contributed by atoms with Crippen molar-refractivity contribution in [1.29, 1.82) is 0 Å². The van der Waals surface area contributed by atoms with Crippen LogP contribution in [0, 0.1) is 5.82 Å². The van der Waals surface area contributed by atoms with Crippen molar-refractivity contribution in [3.8, 4) is 0 Å². The number of nitrogens with one attached hydrogen (secondary N) is 1. The molecular weight excluding hydrogens is 411 g/mol. The van der Waals surface area contributed by atoms with Crippen LogP contribution in [0.5, 0.6) is 0 Å². The molecule has 0 unspecified atom stereocenters. The van der Waals surface area contributed by atoms with Crippen molar-refractivity contribution in [3.05, 3.63) is 63.9 Å². The molecule has 0 spiro atoms. The molecule has 1 aliphatic heterocycles. The van der Waals surface area contributed by atoms with Crippen molar-refractivity contribution in [2.24, 2.45) is 0 Å². The second-order valence-electron chi connectivity index (χ2n) is 5.71. The third-order valence-electron chi connectivity index (χ3n) is 3.96. The molecule has 1 heterocycles. The summed E-state index contributed by atoms with van der Waals surface area (Å²) in [5.74, 6) is -0.534. The third kappa shape index (κ3) is 4.01. The number of anilines is 1. The number of benzene rings is 2. The Kier molecular flexibility index (Phi) is 5.10. The first-order valence-electron chi connectivity index (χ1n) is 7.69. The van der Waals surface area contributed by atoms with Gasteiger partial charge in [-0.05, 0) is 54.4 Å². The van der Waals surface area contributed by atoms with Crippen molar-refractivity contribution in [2.45, 2.75) is 13.0 Å². The van der Waals surface area contributed by atoms with Gasteiger partial charge < -0.3 is 5.32 Å². The molecule has 2 aromatic carbocycles. The van der Waals surface area contributed by atoms with Crippen molar-refractivity contribution in [2.75, 3.05) is 16.6 Å². The van der Waals surface area contributed by atoms with E-state index in [0.29, 0.717) is 34.3 Å². The van der Waals surface area contributed by atoms with E-state index in [4.69, 9.17) is 0 Å². The third-order valence-corrected chi connectivity index (χ3v) is 6.61. The lowest BCUT2D eigenvalue weighted by atomic mass is 10.1. The Balaban J connectivity index is 1.68. The van der Waals surface area contributed by atoms with Crippen LogP contribution in [0.3, 0.4) is 0 Å². The molecule has 0 saturated carbocycles. The molecule has 5 nitrogen and oxygen atoms in total. The van der Waals surface area contributed by atoms with E-state index in [0.717, 1.165) is 0 Å². The van der Waals surface area contributed by atoms with Gasteiger partial charge in [-0.3, -0.25) is 9.10 Å². The second-order valence-corrected chi connectivity index (χ2v) is 8.57. The van der Waals surface area contributed by atoms with Crippen LogP contribution in [0.2, 0.25) is 0 Å². The lowest BCUT2D eigenvalue weighted by Gasteiger charge is -2.17. The van der Waals surface area contributed by atoms with Gasteiger partial charge in [0.05, 0.1) is 11.4 Å². The standard InChI is InChI=1S/C17H16BrFN2O3S/c18-16-7-4-14(19)10-13(16)11-20-17(22)12-2-5-15(6-3-12)21-8-1-9-25(21,23)24/h2-7,10H,1,8-9,11H2,(H,20,22). The molecule has 0 radical (unpaired) electrons. The van der Waals surface area contributed by atoms with Gasteiger partial charge in [0.25, 0.3) is 5.91 Å². The maximum absolute atomic E-state index is 13.3. The van der Waals surface area contributed by atoms with E-state index in [2.05, 4.69) is 21.2 Å². The first kappa shape index (κ1) is 17.9. The molecule has 8 heteroatoms. The minimum atomic E-state index is -3.24. The zero-order valence-corrected chi connectivity index (χ0v) is 15.6. The Morgan fingerprint density at radius 3 is 2.56 bits per heavy atom. The average molecular weight is 427 g/mol. The highest BCUT2D eigenvalue weighted by Crippen LogP contribution is 2.24. The van der Waals surface area contributed by atoms with Crippen molar-refractivity contribution < 1.29 is 17.6 Å². The topological polar surface area (TPSA) is 66.5 Å². The quantitative estimate of drug-likeness (QED) is 0.816. The van der Waals surface area contributed by atoms with E-state index >= 15 is 0 Å². The lowest BCUT2D eigenvalue weighted by Crippen LogP contribution is -2.25. The highest BCUT2D eigenvalue weighted by molar-refractivity contribution is 9.10. The number of amides is 1. The minimum absolute atomic E-state index is 0.151. The summed E-state index contributed by atoms with van der Waals surface area (Å²) < 4.78 is 39.2. The molecule has 2 aromatic rings. The van der Waals surface area contributed by atoms with E-state index < -0.39 is 10.0 Å². The smallest absolute Gasteiger partial charge is 0.251 e. The van der Waals surface area contributed by atoms with E-state index in [1.165, 1.54) is 16.4 Å². The van der Waals surface area contributed by atoms with Gasteiger partial charge in [-0.15, -0.1) is 0 Å². The predicted octanol–water partition coefficient (Wildman–Crippen LogP) is 3.06. The SMILES string of the molecule is O=C(NCc1cc(F)ccc1Br)c1ccc(N2CCCS2(=O)=O)cc1. The molecule has 0 aliphatic carbocycles. The van der Waals surface area contributed by atoms with E-state index in [9.17, 15) is 17.6 Å². The molecule has 0 aromatic heterocycles. The average Bonchev–Trinajstić information content (AvgIpc) is 2.95. The molecule has 25 heavy (non-hydrogen) atoms. The molecule has 132 valence electrons. The fraction of sp³-hybridized carbons (Fsp3) is 0.235. The number of hydrogen-bond acceptors (Lipinski definition) is 3. The molecular formula is C17H16BrFN2O3S. The minimum Gasteiger partial charge on any atom is -0.348 e. The molecule has 1 fully saturated rings. The lowest BCUT2D eigenvalue weighted by molar-refractivity contribution is 0.0951. The van der Waals surface area contributed by atoms with Crippen molar-refractivity contribution in [1.82, 2.24) is 5.32 Å². The van der Waals surface area contributed by atoms with Crippen LogP contribution in [0.4, 0.5) is 10.1 Å². The van der Waals surface area contributed by atoms with Crippen LogP contribution in [0.25, 0.3) is 0 Å². The zero-order valence-electron chi connectivity index (χ0n) is 13.2. The predicted molar refractivity (Wildman–Crippen MR) is 97.5 cm³/mol. The maximum atomic E-state index is 13.3. The van der Waals surface area contributed by atoms with Crippen LogP contribution in [0.15, 0.2) is 46.9 Å². The summed E-state index contributed by atoms with van der Waals surface area (Å²) in [5.41, 5.74) is 1.60. The van der Waals surface area contributed by atoms with E-state index in [1.54, 1.807) is 30.3 Å². The van der Waals surface area contributed by atoms with Gasteiger partial charge in [-0.1, -0.05) is 15.9 Å². The molecule has 3 rings (SSSR count). The highest BCUT2D eigenvalue weighted by Gasteiger charge is 2.28. The van der Waals surface area contributed by atoms with E-state index in [1.807, 2.05) is 0 Å². The first-order valence-corrected chi connectivity index (χ1v) is 10.1. The van der Waals surface area contributed by atoms with E-state index in [-0.39, 0.29) is 24.0 Å². The summed E-state index contributed by atoms with van der Waals surface area (Å²) in [5, 5.41) is 2.72. The molecule has 1 N–H and O–H groups in total. The van der Waals surface area contributed by atoms with Gasteiger partial charge in [0, 0.05) is 23.1 Å². The van der Waals surface area contributed by atoms with Crippen LogP contribution in [-0.4, -0.2) is 26.6 Å². The summed E-state index contributed by atoms with van der Waals surface area (Å²) in [6.45, 7) is 0.640. The highest BCUT2D eigenvalue weighted by atomic mass is 79.9. The Morgan fingerprint density at radius 1 is 1.20 bits per heavy atom. The van der Waals surface area contributed by atoms with Gasteiger partial charge in [0.1, 0.15) is 5.82 Å². The Morgan fingerprint density at radius 2 is 1.92 bits per heavy atom. The van der Waals surface area contributed by atoms with Crippen molar-refractivity contribution in [3.63, 3.8) is 0 Å². The number of nitrogens with zero attached hydrogens (tertiary/aromatic N) is 1. The number of rotatable bonds is 4. The summed E-state index contributed by atoms with van der Waals surface area (Å²) in [6.07, 6.45) is 0.604. The summed E-state index contributed by atoms with van der Waals surface area (Å²) in [7, 11) is -3.24. The number of carbonyl (C=O) groups excluding carboxylic acids is 1. The van der Waals surface area contributed by atoms with Gasteiger partial charge in [0.15, 0.2) is 0 Å². The number of hydrogen-bond donors (Lipinski definition) is 1. The second kappa shape index (κ2) is 7.13. The van der Waals surface area contributed by atoms with Crippen LogP contribution >= 0.6 is 15.9 Å². The Labute approximate surface area is 154 Å². The van der Waals surface area contributed by atoms with Crippen LogP contribution in [-0.2, 0) is 16.6 Å². The fourth-order valence-corrected chi connectivity index (χ4v) is 4.62. The van der Waals surface area contributed by atoms with Gasteiger partial charge in [-0.2, -0.15) is 0 Å². The summed E-state index contributed by atoms with van der Waals surface area (Å²) in [4.78, 5) is 12.2. The largest absolute Gasteiger partial charge is 0.348 e. The van der Waals surface area contributed by atoms with Crippen LogP contribution in [0.1, 0.15) is 22.3 Å². The molecule has 1 aliphatic rings. The number of sulfonamides is 1. The zero-order chi connectivity index (χ0) is 18.0. The summed E-state index contributed by atoms with van der Waals surface area (Å²) >= 11 is 3.31. The monoisotopic (exact) mass is 426 g/mol. The Hall–Kier alpha value is -1.93. The number of halogens is 2. The number of carbonyl (C=O) groups is 1. The van der Waals surface area contributed by atoms with Gasteiger partial charge in [-0.25, -0.2) is 12.8 Å². The first-order chi connectivity index (χ1) is 11.9. The molecule has 1 amide bonds.